The molecular formula is C26H20ClN3O5S3. The van der Waals surface area contributed by atoms with Gasteiger partial charge in [0.15, 0.2) is 21.6 Å². The van der Waals surface area contributed by atoms with Crippen LogP contribution in [0.1, 0.15) is 33.8 Å². The van der Waals surface area contributed by atoms with Gasteiger partial charge in [-0.05, 0) is 47.7 Å². The van der Waals surface area contributed by atoms with Crippen LogP contribution in [-0.4, -0.2) is 38.7 Å². The number of amides is 1. The Morgan fingerprint density at radius 3 is 2.71 bits per heavy atom. The Morgan fingerprint density at radius 1 is 1.16 bits per heavy atom. The minimum absolute atomic E-state index is 0.0777. The van der Waals surface area contributed by atoms with Gasteiger partial charge in [-0.1, -0.05) is 65.0 Å². The molecule has 38 heavy (non-hydrogen) atoms. The predicted molar refractivity (Wildman–Crippen MR) is 149 cm³/mol. The number of Topliss-reactive ketones (excluding diaryl/α,β-unsaturated/α-hetero) is 1. The van der Waals surface area contributed by atoms with Crippen molar-refractivity contribution in [3.8, 4) is 11.5 Å². The molecule has 5 rings (SSSR count). The second-order valence-corrected chi connectivity index (χ2v) is 11.6. The molecule has 0 fully saturated rings. The molecule has 0 aliphatic carbocycles. The fourth-order valence-corrected chi connectivity index (χ4v) is 6.81. The number of thioether (sulfide) groups is 1. The molecule has 1 unspecified atom stereocenters. The van der Waals surface area contributed by atoms with Gasteiger partial charge in [0.05, 0.1) is 23.1 Å². The highest BCUT2D eigenvalue weighted by Gasteiger charge is 2.46. The number of thiophene rings is 1. The molecular weight excluding hydrogens is 566 g/mol. The maximum Gasteiger partial charge on any atom is 0.296 e. The van der Waals surface area contributed by atoms with E-state index in [0.29, 0.717) is 32.2 Å². The lowest BCUT2D eigenvalue weighted by molar-refractivity contribution is -0.117. The number of hydrogen-bond acceptors (Lipinski definition) is 10. The second-order valence-electron chi connectivity index (χ2n) is 8.04. The van der Waals surface area contributed by atoms with Crippen molar-refractivity contribution in [2.24, 2.45) is 0 Å². The highest BCUT2D eigenvalue weighted by Crippen LogP contribution is 2.45. The first-order chi connectivity index (χ1) is 18.4. The summed E-state index contributed by atoms with van der Waals surface area (Å²) in [4.78, 5) is 28.5. The Bertz CT molecular complexity index is 1540. The Hall–Kier alpha value is -3.38. The second kappa shape index (κ2) is 11.2. The van der Waals surface area contributed by atoms with Crippen LogP contribution in [0.5, 0.6) is 11.5 Å². The zero-order valence-electron chi connectivity index (χ0n) is 19.8. The van der Waals surface area contributed by atoms with E-state index in [9.17, 15) is 19.8 Å². The fourth-order valence-electron chi connectivity index (χ4n) is 3.98. The smallest absolute Gasteiger partial charge is 0.296 e. The van der Waals surface area contributed by atoms with Crippen molar-refractivity contribution in [3.63, 3.8) is 0 Å². The number of ketones is 1. The van der Waals surface area contributed by atoms with E-state index >= 15 is 0 Å². The first-order valence-corrected chi connectivity index (χ1v) is 14.4. The summed E-state index contributed by atoms with van der Waals surface area (Å²) in [5.74, 6) is -1.23. The number of carbonyl (C=O) groups is 2. The molecule has 2 N–H and O–H groups in total. The number of hydrogen-bond donors (Lipinski definition) is 2. The molecule has 1 amide bonds. The molecule has 0 saturated heterocycles. The standard InChI is InChI=1S/C26H20ClN3O5S3/c1-2-35-18-12-14(9-10-17(18)31)21-20(22(32)19-8-5-11-36-19)23(33)24(34)30(21)25-28-29-26(38-25)37-13-15-6-3-4-7-16(15)27/h3-12,21,31,33H,2,13H2,1H3. The van der Waals surface area contributed by atoms with Gasteiger partial charge in [-0.25, -0.2) is 0 Å². The summed E-state index contributed by atoms with van der Waals surface area (Å²) in [6, 6.07) is 14.4. The molecule has 1 aliphatic rings. The van der Waals surface area contributed by atoms with Crippen LogP contribution in [0.25, 0.3) is 0 Å². The van der Waals surface area contributed by atoms with Crippen LogP contribution in [-0.2, 0) is 10.5 Å². The average Bonchev–Trinajstić information content (AvgIpc) is 3.66. The van der Waals surface area contributed by atoms with Crippen molar-refractivity contribution in [2.75, 3.05) is 11.5 Å². The number of halogens is 1. The summed E-state index contributed by atoms with van der Waals surface area (Å²) in [6.07, 6.45) is 0. The van der Waals surface area contributed by atoms with E-state index in [1.807, 2.05) is 24.3 Å². The number of nitrogens with zero attached hydrogens (tertiary/aromatic N) is 3. The summed E-state index contributed by atoms with van der Waals surface area (Å²) in [5.41, 5.74) is 1.32. The monoisotopic (exact) mass is 585 g/mol. The average molecular weight is 586 g/mol. The molecule has 0 bridgehead atoms. The third-order valence-corrected chi connectivity index (χ3v) is 9.05. The molecule has 0 radical (unpaired) electrons. The van der Waals surface area contributed by atoms with Crippen molar-refractivity contribution in [2.45, 2.75) is 23.1 Å². The number of aliphatic hydroxyl groups is 1. The maximum absolute atomic E-state index is 13.5. The number of aliphatic hydroxyl groups excluding tert-OH is 1. The van der Waals surface area contributed by atoms with Gasteiger partial charge in [0.25, 0.3) is 5.91 Å². The molecule has 0 saturated carbocycles. The van der Waals surface area contributed by atoms with E-state index < -0.39 is 23.5 Å². The van der Waals surface area contributed by atoms with Gasteiger partial charge in [-0.3, -0.25) is 14.5 Å². The Morgan fingerprint density at radius 2 is 1.97 bits per heavy atom. The molecule has 12 heteroatoms. The van der Waals surface area contributed by atoms with Gasteiger partial charge < -0.3 is 14.9 Å². The lowest BCUT2D eigenvalue weighted by Gasteiger charge is -2.24. The Kier molecular flexibility index (Phi) is 7.70. The number of ether oxygens (including phenoxy) is 1. The van der Waals surface area contributed by atoms with E-state index in [1.54, 1.807) is 36.6 Å². The SMILES string of the molecule is CCOc1cc(C2C(C(=O)c3cccs3)=C(O)C(=O)N2c2nnc(SCc3ccccc3Cl)s2)ccc1O. The molecule has 3 heterocycles. The number of aromatic nitrogens is 2. The van der Waals surface area contributed by atoms with Crippen LogP contribution in [0.15, 0.2) is 75.6 Å². The zero-order chi connectivity index (χ0) is 26.8. The van der Waals surface area contributed by atoms with Crippen molar-refractivity contribution in [1.82, 2.24) is 10.2 Å². The zero-order valence-corrected chi connectivity index (χ0v) is 23.0. The summed E-state index contributed by atoms with van der Waals surface area (Å²) in [5, 5.41) is 32.2. The number of carbonyl (C=O) groups excluding carboxylic acids is 2. The molecule has 1 aliphatic heterocycles. The maximum atomic E-state index is 13.5. The van der Waals surface area contributed by atoms with E-state index in [4.69, 9.17) is 16.3 Å². The van der Waals surface area contributed by atoms with Gasteiger partial charge in [0.1, 0.15) is 0 Å². The van der Waals surface area contributed by atoms with Crippen molar-refractivity contribution in [1.29, 1.82) is 0 Å². The Balaban J connectivity index is 1.53. The number of aromatic hydroxyl groups is 1. The van der Waals surface area contributed by atoms with E-state index in [2.05, 4.69) is 10.2 Å². The first-order valence-electron chi connectivity index (χ1n) is 11.4. The van der Waals surface area contributed by atoms with E-state index in [0.717, 1.165) is 16.9 Å². The number of anilines is 1. The molecule has 2 aromatic heterocycles. The number of benzene rings is 2. The molecule has 2 aromatic carbocycles. The van der Waals surface area contributed by atoms with Crippen LogP contribution in [0, 0.1) is 0 Å². The van der Waals surface area contributed by atoms with Gasteiger partial charge in [0, 0.05) is 10.8 Å². The molecule has 1 atom stereocenters. The van der Waals surface area contributed by atoms with Gasteiger partial charge in [0.2, 0.25) is 10.9 Å². The Labute approximate surface area is 235 Å². The van der Waals surface area contributed by atoms with Crippen molar-refractivity contribution >= 4 is 62.9 Å². The highest BCUT2D eigenvalue weighted by atomic mass is 35.5. The van der Waals surface area contributed by atoms with Crippen LogP contribution < -0.4 is 9.64 Å². The lowest BCUT2D eigenvalue weighted by atomic mass is 9.95. The van der Waals surface area contributed by atoms with Crippen LogP contribution in [0.2, 0.25) is 5.02 Å². The number of phenols is 1. The minimum Gasteiger partial charge on any atom is -0.504 e. The third kappa shape index (κ3) is 5.02. The quantitative estimate of drug-likeness (QED) is 0.131. The van der Waals surface area contributed by atoms with E-state index in [-0.39, 0.29) is 22.2 Å². The molecule has 8 nitrogen and oxygen atoms in total. The summed E-state index contributed by atoms with van der Waals surface area (Å²) < 4.78 is 6.12. The van der Waals surface area contributed by atoms with Crippen molar-refractivity contribution in [3.05, 3.63) is 92.3 Å². The van der Waals surface area contributed by atoms with Gasteiger partial charge in [-0.2, -0.15) is 0 Å². The topological polar surface area (TPSA) is 113 Å². The van der Waals surface area contributed by atoms with Gasteiger partial charge in [-0.15, -0.1) is 21.5 Å². The predicted octanol–water partition coefficient (Wildman–Crippen LogP) is 6.43. The largest absolute Gasteiger partial charge is 0.504 e. The van der Waals surface area contributed by atoms with Crippen LogP contribution >= 0.6 is 46.0 Å². The summed E-state index contributed by atoms with van der Waals surface area (Å²) in [6.45, 7) is 2.08. The summed E-state index contributed by atoms with van der Waals surface area (Å²) in [7, 11) is 0. The number of rotatable bonds is 9. The van der Waals surface area contributed by atoms with E-state index in [1.165, 1.54) is 34.1 Å². The fraction of sp³-hybridized carbons (Fsp3) is 0.154. The number of phenolic OH excluding ortho intramolecular Hbond substituents is 1. The van der Waals surface area contributed by atoms with Crippen LogP contribution in [0.4, 0.5) is 5.13 Å². The van der Waals surface area contributed by atoms with Crippen LogP contribution in [0.3, 0.4) is 0 Å². The molecule has 4 aromatic rings. The third-order valence-electron chi connectivity index (χ3n) is 5.71. The normalized spacial score (nSPS) is 15.4. The lowest BCUT2D eigenvalue weighted by Crippen LogP contribution is -2.31. The molecule has 0 spiro atoms. The highest BCUT2D eigenvalue weighted by molar-refractivity contribution is 8.00. The first kappa shape index (κ1) is 26.2. The molecule has 194 valence electrons. The summed E-state index contributed by atoms with van der Waals surface area (Å²) >= 11 is 10.0. The van der Waals surface area contributed by atoms with Gasteiger partial charge >= 0.3 is 0 Å². The van der Waals surface area contributed by atoms with Crippen molar-refractivity contribution < 1.29 is 24.5 Å². The minimum atomic E-state index is -1.01.